The molecule has 3 rings (SSSR count). The molecule has 8 heteroatoms. The molecule has 2 fully saturated rings. The van der Waals surface area contributed by atoms with Crippen molar-refractivity contribution in [2.45, 2.75) is 18.9 Å². The van der Waals surface area contributed by atoms with Gasteiger partial charge in [-0.05, 0) is 18.8 Å². The van der Waals surface area contributed by atoms with Crippen LogP contribution in [0.1, 0.15) is 23.2 Å². The van der Waals surface area contributed by atoms with Crippen LogP contribution in [-0.4, -0.2) is 45.3 Å². The Balaban J connectivity index is 1.92. The van der Waals surface area contributed by atoms with E-state index in [1.165, 1.54) is 0 Å². The zero-order valence-electron chi connectivity index (χ0n) is 11.2. The van der Waals surface area contributed by atoms with Gasteiger partial charge in [0, 0.05) is 31.3 Å². The topological polar surface area (TPSA) is 117 Å². The number of aliphatic hydroxyl groups is 1. The maximum atomic E-state index is 11.2. The second kappa shape index (κ2) is 4.96. The number of carboxylic acid groups (broad SMARTS) is 1. The fourth-order valence-electron chi connectivity index (χ4n) is 3.35. The molecule has 0 amide bonds. The first kappa shape index (κ1) is 13.7. The van der Waals surface area contributed by atoms with Crippen molar-refractivity contribution in [3.63, 3.8) is 0 Å². The van der Waals surface area contributed by atoms with Gasteiger partial charge >= 0.3 is 11.7 Å². The van der Waals surface area contributed by atoms with Crippen molar-refractivity contribution >= 4 is 17.5 Å². The monoisotopic (exact) mass is 293 g/mol. The SMILES string of the molecule is O=C(O)c1cnc(N2CC3CCC(O)C3C2)c([N+](=O)[O-])c1. The number of nitro groups is 1. The van der Waals surface area contributed by atoms with Gasteiger partial charge in [0.05, 0.1) is 16.6 Å². The third-order valence-electron chi connectivity index (χ3n) is 4.41. The molecular weight excluding hydrogens is 278 g/mol. The molecule has 0 aromatic carbocycles. The molecule has 2 aliphatic rings. The number of hydrogen-bond donors (Lipinski definition) is 2. The Hall–Kier alpha value is -2.22. The Labute approximate surface area is 120 Å². The second-order valence-corrected chi connectivity index (χ2v) is 5.60. The molecule has 2 heterocycles. The summed E-state index contributed by atoms with van der Waals surface area (Å²) in [6.45, 7) is 1.13. The van der Waals surface area contributed by atoms with Gasteiger partial charge in [0.25, 0.3) is 0 Å². The summed E-state index contributed by atoms with van der Waals surface area (Å²) in [5.74, 6) is -0.622. The van der Waals surface area contributed by atoms with Crippen LogP contribution in [0.3, 0.4) is 0 Å². The molecule has 112 valence electrons. The minimum absolute atomic E-state index is 0.116. The molecule has 0 bridgehead atoms. The zero-order chi connectivity index (χ0) is 15.1. The lowest BCUT2D eigenvalue weighted by Crippen LogP contribution is -2.26. The highest BCUT2D eigenvalue weighted by molar-refractivity contribution is 5.88. The fraction of sp³-hybridized carbons (Fsp3) is 0.538. The van der Waals surface area contributed by atoms with Crippen LogP contribution in [0.2, 0.25) is 0 Å². The van der Waals surface area contributed by atoms with Crippen LogP contribution in [0.4, 0.5) is 11.5 Å². The first-order valence-corrected chi connectivity index (χ1v) is 6.78. The first-order valence-electron chi connectivity index (χ1n) is 6.78. The highest BCUT2D eigenvalue weighted by atomic mass is 16.6. The summed E-state index contributed by atoms with van der Waals surface area (Å²) < 4.78 is 0. The Morgan fingerprint density at radius 1 is 1.43 bits per heavy atom. The van der Waals surface area contributed by atoms with E-state index in [4.69, 9.17) is 5.11 Å². The molecule has 3 atom stereocenters. The summed E-state index contributed by atoms with van der Waals surface area (Å²) in [4.78, 5) is 27.2. The molecule has 2 N–H and O–H groups in total. The lowest BCUT2D eigenvalue weighted by atomic mass is 10.00. The van der Waals surface area contributed by atoms with Crippen LogP contribution in [-0.2, 0) is 0 Å². The molecule has 1 aromatic rings. The average Bonchev–Trinajstić information content (AvgIpc) is 3.00. The minimum Gasteiger partial charge on any atom is -0.478 e. The molecule has 21 heavy (non-hydrogen) atoms. The van der Waals surface area contributed by atoms with Crippen molar-refractivity contribution in [2.75, 3.05) is 18.0 Å². The second-order valence-electron chi connectivity index (χ2n) is 5.60. The van der Waals surface area contributed by atoms with Crippen LogP contribution < -0.4 is 4.90 Å². The fourth-order valence-corrected chi connectivity index (χ4v) is 3.35. The lowest BCUT2D eigenvalue weighted by molar-refractivity contribution is -0.384. The Kier molecular flexibility index (Phi) is 3.25. The number of anilines is 1. The molecule has 1 aliphatic heterocycles. The van der Waals surface area contributed by atoms with Gasteiger partial charge in [-0.1, -0.05) is 0 Å². The van der Waals surface area contributed by atoms with Crippen LogP contribution >= 0.6 is 0 Å². The summed E-state index contributed by atoms with van der Waals surface area (Å²) in [5.41, 5.74) is -0.505. The summed E-state index contributed by atoms with van der Waals surface area (Å²) in [6, 6.07) is 1.04. The standard InChI is InChI=1S/C13H15N3O5/c17-11-2-1-7-5-15(6-9(7)11)12-10(16(20)21)3-8(4-14-12)13(18)19/h3-4,7,9,11,17H,1-2,5-6H2,(H,18,19). The van der Waals surface area contributed by atoms with Crippen molar-refractivity contribution < 1.29 is 19.9 Å². The number of fused-ring (bicyclic) bond motifs is 1. The number of nitrogens with zero attached hydrogens (tertiary/aromatic N) is 3. The Morgan fingerprint density at radius 2 is 2.19 bits per heavy atom. The van der Waals surface area contributed by atoms with Gasteiger partial charge in [-0.2, -0.15) is 0 Å². The van der Waals surface area contributed by atoms with Crippen molar-refractivity contribution in [3.05, 3.63) is 27.9 Å². The number of pyridine rings is 1. The number of aliphatic hydroxyl groups excluding tert-OH is 1. The molecule has 0 radical (unpaired) electrons. The number of carbonyl (C=O) groups is 1. The van der Waals surface area contributed by atoms with Crippen LogP contribution in [0.25, 0.3) is 0 Å². The van der Waals surface area contributed by atoms with Gasteiger partial charge < -0.3 is 15.1 Å². The quantitative estimate of drug-likeness (QED) is 0.628. The molecule has 8 nitrogen and oxygen atoms in total. The highest BCUT2D eigenvalue weighted by Gasteiger charge is 2.43. The minimum atomic E-state index is -1.24. The highest BCUT2D eigenvalue weighted by Crippen LogP contribution is 2.41. The van der Waals surface area contributed by atoms with Gasteiger partial charge in [-0.15, -0.1) is 0 Å². The average molecular weight is 293 g/mol. The molecule has 1 aliphatic carbocycles. The number of carboxylic acids is 1. The van der Waals surface area contributed by atoms with E-state index in [0.717, 1.165) is 25.1 Å². The maximum Gasteiger partial charge on any atom is 0.337 e. The van der Waals surface area contributed by atoms with Crippen LogP contribution in [0.15, 0.2) is 12.3 Å². The van der Waals surface area contributed by atoms with Crippen molar-refractivity contribution in [1.29, 1.82) is 0 Å². The van der Waals surface area contributed by atoms with E-state index >= 15 is 0 Å². The van der Waals surface area contributed by atoms with Crippen molar-refractivity contribution in [1.82, 2.24) is 4.98 Å². The molecule has 0 spiro atoms. The van der Waals surface area contributed by atoms with Gasteiger partial charge in [-0.3, -0.25) is 10.1 Å². The Bertz CT molecular complexity index is 605. The predicted octanol–water partition coefficient (Wildman–Crippen LogP) is 0.895. The molecule has 3 unspecified atom stereocenters. The third kappa shape index (κ3) is 2.31. The lowest BCUT2D eigenvalue weighted by Gasteiger charge is -2.19. The van der Waals surface area contributed by atoms with E-state index < -0.39 is 10.9 Å². The van der Waals surface area contributed by atoms with Gasteiger partial charge in [0.1, 0.15) is 0 Å². The van der Waals surface area contributed by atoms with Crippen LogP contribution in [0.5, 0.6) is 0 Å². The van der Waals surface area contributed by atoms with Gasteiger partial charge in [-0.25, -0.2) is 9.78 Å². The van der Waals surface area contributed by atoms with Crippen molar-refractivity contribution in [2.24, 2.45) is 11.8 Å². The third-order valence-corrected chi connectivity index (χ3v) is 4.41. The zero-order valence-corrected chi connectivity index (χ0v) is 11.2. The predicted molar refractivity (Wildman–Crippen MR) is 72.3 cm³/mol. The molecular formula is C13H15N3O5. The van der Waals surface area contributed by atoms with E-state index in [0.29, 0.717) is 19.0 Å². The normalized spacial score (nSPS) is 27.7. The summed E-state index contributed by atoms with van der Waals surface area (Å²) in [6.07, 6.45) is 2.45. The van der Waals surface area contributed by atoms with E-state index in [9.17, 15) is 20.0 Å². The summed E-state index contributed by atoms with van der Waals surface area (Å²) in [7, 11) is 0. The summed E-state index contributed by atoms with van der Waals surface area (Å²) in [5, 5.41) is 30.0. The van der Waals surface area contributed by atoms with E-state index in [-0.39, 0.29) is 29.1 Å². The molecule has 1 saturated heterocycles. The first-order chi connectivity index (χ1) is 9.97. The van der Waals surface area contributed by atoms with E-state index in [1.807, 2.05) is 0 Å². The van der Waals surface area contributed by atoms with Crippen LogP contribution in [0, 0.1) is 22.0 Å². The number of aromatic nitrogens is 1. The smallest absolute Gasteiger partial charge is 0.337 e. The van der Waals surface area contributed by atoms with Gasteiger partial charge in [0.15, 0.2) is 0 Å². The number of rotatable bonds is 3. The van der Waals surface area contributed by atoms with Crippen molar-refractivity contribution in [3.8, 4) is 0 Å². The van der Waals surface area contributed by atoms with E-state index in [2.05, 4.69) is 4.98 Å². The maximum absolute atomic E-state index is 11.2. The van der Waals surface area contributed by atoms with Gasteiger partial charge in [0.2, 0.25) is 5.82 Å². The number of hydrogen-bond acceptors (Lipinski definition) is 6. The van der Waals surface area contributed by atoms with E-state index in [1.54, 1.807) is 4.90 Å². The largest absolute Gasteiger partial charge is 0.478 e. The molecule has 1 saturated carbocycles. The summed E-state index contributed by atoms with van der Waals surface area (Å²) >= 11 is 0. The number of aromatic carboxylic acids is 1. The Morgan fingerprint density at radius 3 is 2.81 bits per heavy atom. The molecule has 1 aromatic heterocycles.